The van der Waals surface area contributed by atoms with Gasteiger partial charge in [-0.05, 0) is 83.4 Å². The molecule has 0 N–H and O–H groups in total. The second-order valence-corrected chi connectivity index (χ2v) is 13.7. The first-order valence-corrected chi connectivity index (χ1v) is 18.9. The first-order chi connectivity index (χ1) is 29.0. The van der Waals surface area contributed by atoms with Gasteiger partial charge in [0.25, 0.3) is 0 Å². The van der Waals surface area contributed by atoms with Crippen LogP contribution < -0.4 is 29.4 Å². The molecule has 1 aliphatic heterocycles. The number of benzene rings is 5. The summed E-state index contributed by atoms with van der Waals surface area (Å²) in [5.74, 6) is 3.93. The van der Waals surface area contributed by atoms with E-state index in [1.54, 1.807) is 38.5 Å². The van der Waals surface area contributed by atoms with Crippen molar-refractivity contribution in [2.75, 3.05) is 14.2 Å². The van der Waals surface area contributed by atoms with E-state index in [0.29, 0.717) is 16.9 Å². The summed E-state index contributed by atoms with van der Waals surface area (Å²) < 4.78 is 11.5. The minimum Gasteiger partial charge on any atom is -0.644 e. The Labute approximate surface area is 364 Å². The van der Waals surface area contributed by atoms with Gasteiger partial charge in [-0.2, -0.15) is 10.5 Å². The molecule has 0 fully saturated rings. The largest absolute Gasteiger partial charge is 1.00 e. The van der Waals surface area contributed by atoms with Gasteiger partial charge >= 0.3 is 22.4 Å². The van der Waals surface area contributed by atoms with E-state index in [1.165, 1.54) is 0 Å². The summed E-state index contributed by atoms with van der Waals surface area (Å²) in [6.07, 6.45) is 0. The van der Waals surface area contributed by atoms with Crippen LogP contribution in [0.3, 0.4) is 0 Å². The number of nitrogens with zero attached hydrogens (tertiary/aromatic N) is 6. The van der Waals surface area contributed by atoms with Crippen LogP contribution in [-0.2, 0) is 22.4 Å². The summed E-state index contributed by atoms with van der Waals surface area (Å²) in [5, 5.41) is 20.9. The number of methoxy groups -OCH3 is 2. The fraction of sp³-hybridized carbons (Fsp3) is 0.0392. The van der Waals surface area contributed by atoms with E-state index in [2.05, 4.69) is 12.1 Å². The van der Waals surface area contributed by atoms with Crippen molar-refractivity contribution in [3.8, 4) is 35.0 Å². The molecule has 9 aromatic rings. The van der Waals surface area contributed by atoms with E-state index >= 15 is 0 Å². The molecule has 5 heterocycles. The minimum atomic E-state index is 0. The topological polar surface area (TPSA) is 122 Å². The maximum Gasteiger partial charge on any atom is 1.00 e. The number of nitriles is 2. The molecule has 9 heteroatoms. The van der Waals surface area contributed by atoms with Gasteiger partial charge < -0.3 is 29.4 Å². The average Bonchev–Trinajstić information content (AvgIpc) is 4.15. The third kappa shape index (κ3) is 7.46. The summed E-state index contributed by atoms with van der Waals surface area (Å²) in [6, 6.07) is 57.3. The molecule has 4 aromatic heterocycles. The molecule has 0 saturated carbocycles. The number of hydrogen-bond acceptors (Lipinski definition) is 4. The molecule has 0 aliphatic carbocycles. The monoisotopic (exact) mass is 958 g/mol. The van der Waals surface area contributed by atoms with Crippen LogP contribution in [0.1, 0.15) is 62.0 Å². The van der Waals surface area contributed by atoms with Crippen LogP contribution in [0.15, 0.2) is 164 Å². The molecule has 10 rings (SSSR count). The van der Waals surface area contributed by atoms with Gasteiger partial charge in [-0.25, -0.2) is 0 Å². The zero-order valence-corrected chi connectivity index (χ0v) is 34.6. The second-order valence-electron chi connectivity index (χ2n) is 13.7. The first-order valence-electron chi connectivity index (χ1n) is 18.9. The van der Waals surface area contributed by atoms with Gasteiger partial charge in [-0.15, -0.1) is 11.4 Å². The van der Waals surface area contributed by atoms with Crippen LogP contribution in [0.2, 0.25) is 0 Å². The number of rotatable bonds is 5. The Hall–Kier alpha value is -7.59. The fourth-order valence-electron chi connectivity index (χ4n) is 7.46. The fourth-order valence-corrected chi connectivity index (χ4v) is 7.46. The van der Waals surface area contributed by atoms with Crippen molar-refractivity contribution in [1.82, 2.24) is 19.9 Å². The van der Waals surface area contributed by atoms with Crippen molar-refractivity contribution in [2.45, 2.75) is 0 Å². The van der Waals surface area contributed by atoms with Gasteiger partial charge in [0, 0.05) is 84.5 Å². The van der Waals surface area contributed by atoms with Gasteiger partial charge in [0.05, 0.1) is 52.8 Å². The molecule has 0 saturated heterocycles. The predicted molar refractivity (Wildman–Crippen MR) is 225 cm³/mol. The predicted octanol–water partition coefficient (Wildman–Crippen LogP) is 9.15. The summed E-state index contributed by atoms with van der Waals surface area (Å²) >= 11 is 0. The Bertz CT molecular complexity index is 2800. The first kappa shape index (κ1) is 39.2. The van der Waals surface area contributed by atoms with Crippen LogP contribution >= 0.6 is 0 Å². The van der Waals surface area contributed by atoms with Crippen LogP contribution in [0, 0.1) is 40.4 Å². The van der Waals surface area contributed by atoms with Crippen molar-refractivity contribution in [3.05, 3.63) is 244 Å². The normalized spacial score (nSPS) is 11.6. The summed E-state index contributed by atoms with van der Waals surface area (Å²) in [4.78, 5) is 20.8. The summed E-state index contributed by atoms with van der Waals surface area (Å²) in [6.45, 7) is 0. The van der Waals surface area contributed by atoms with Gasteiger partial charge in [0.15, 0.2) is 0 Å². The molecular weight excluding hydrogens is 926 g/mol. The molecule has 0 unspecified atom stereocenters. The Morgan fingerprint density at radius 2 is 0.867 bits per heavy atom. The van der Waals surface area contributed by atoms with Crippen LogP contribution in [0.25, 0.3) is 22.2 Å². The molecular formula is C51H33AuN6O2. The molecule has 0 amide bonds. The smallest absolute Gasteiger partial charge is 0.644 e. The average molecular weight is 959 g/mol. The van der Waals surface area contributed by atoms with Crippen molar-refractivity contribution >= 4 is 10.8 Å². The van der Waals surface area contributed by atoms with E-state index in [1.807, 2.05) is 140 Å². The van der Waals surface area contributed by atoms with Crippen LogP contribution in [-0.4, -0.2) is 14.2 Å². The number of fused-ring (bicyclic) bond motifs is 10. The summed E-state index contributed by atoms with van der Waals surface area (Å²) in [7, 11) is 3.32. The zero-order valence-electron chi connectivity index (χ0n) is 32.4. The summed E-state index contributed by atoms with van der Waals surface area (Å²) in [5.41, 5.74) is 9.61. The zero-order chi connectivity index (χ0) is 40.3. The van der Waals surface area contributed by atoms with Crippen molar-refractivity contribution in [3.63, 3.8) is 0 Å². The van der Waals surface area contributed by atoms with E-state index in [-0.39, 0.29) is 22.4 Å². The van der Waals surface area contributed by atoms with Gasteiger partial charge in [-0.3, -0.25) is 0 Å². The molecule has 0 radical (unpaired) electrons. The molecule has 0 atom stereocenters. The Kier molecular flexibility index (Phi) is 11.2. The van der Waals surface area contributed by atoms with Crippen molar-refractivity contribution < 1.29 is 31.9 Å². The molecule has 1 aliphatic rings. The van der Waals surface area contributed by atoms with Crippen molar-refractivity contribution in [1.29, 1.82) is 10.5 Å². The minimum absolute atomic E-state index is 0. The molecule has 0 spiro atoms. The Morgan fingerprint density at radius 1 is 0.433 bits per heavy atom. The van der Waals surface area contributed by atoms with E-state index in [0.717, 1.165) is 96.5 Å². The SMILES string of the molecule is COc1ccc2c(OC)ccc([C+]3c4ccc([n-]4)[C+](c4ccc(C#N)cc4)c4ccc([n-]4)-c4ccc([n-]4)[C+](c4ccc(C#N)cc4)c4ccc3[n-]4)c2c1.[Au+].c1ccccc1. The Morgan fingerprint density at radius 3 is 1.30 bits per heavy atom. The third-order valence-electron chi connectivity index (χ3n) is 10.3. The van der Waals surface area contributed by atoms with Crippen molar-refractivity contribution in [2.24, 2.45) is 0 Å². The maximum atomic E-state index is 9.53. The quantitative estimate of drug-likeness (QED) is 0.124. The van der Waals surface area contributed by atoms with Crippen LogP contribution in [0.4, 0.5) is 0 Å². The van der Waals surface area contributed by atoms with Gasteiger partial charge in [0.2, 0.25) is 0 Å². The number of hydrogen-bond donors (Lipinski definition) is 0. The molecule has 60 heavy (non-hydrogen) atoms. The van der Waals surface area contributed by atoms with Gasteiger partial charge in [-0.1, -0.05) is 47.8 Å². The third-order valence-corrected chi connectivity index (χ3v) is 10.3. The second kappa shape index (κ2) is 17.1. The standard InChI is InChI=1S/C45H27N6O2.C6H6.Au/c1-52-30-11-12-31-33(23-30)32(13-22-42(31)53-2)45-40-20-18-38(50-40)43(28-7-3-26(24-46)4-8-28)36-16-14-34(48-36)35-15-17-37(49-35)44(39-19-21-41(45)51-39)29-9-5-27(25-47)6-10-29;1-2-4-6-5-3-1;/h3-23H,1-2H3;1-6H;/q-1;;+1. The number of aromatic nitrogens is 4. The number of ether oxygens (including phenoxy) is 2. The molecule has 8 bridgehead atoms. The maximum absolute atomic E-state index is 9.53. The Balaban J connectivity index is 0.000000657. The van der Waals surface area contributed by atoms with E-state index in [4.69, 9.17) is 29.4 Å². The van der Waals surface area contributed by atoms with E-state index in [9.17, 15) is 10.5 Å². The van der Waals surface area contributed by atoms with E-state index < -0.39 is 0 Å². The molecule has 5 aromatic carbocycles. The molecule has 290 valence electrons. The molecule has 8 nitrogen and oxygen atoms in total. The van der Waals surface area contributed by atoms with Crippen LogP contribution in [0.5, 0.6) is 11.5 Å². The van der Waals surface area contributed by atoms with Gasteiger partial charge in [0.1, 0.15) is 23.6 Å².